The van der Waals surface area contributed by atoms with Crippen molar-refractivity contribution in [2.45, 2.75) is 0 Å². The van der Waals surface area contributed by atoms with Crippen molar-refractivity contribution in [1.29, 1.82) is 0 Å². The summed E-state index contributed by atoms with van der Waals surface area (Å²) in [6.45, 7) is 0. The van der Waals surface area contributed by atoms with Crippen molar-refractivity contribution in [1.82, 2.24) is 9.78 Å². The van der Waals surface area contributed by atoms with E-state index in [9.17, 15) is 0 Å². The summed E-state index contributed by atoms with van der Waals surface area (Å²) in [5.74, 6) is 0.328. The molecule has 0 bridgehead atoms. The lowest BCUT2D eigenvalue weighted by atomic mass is 10.1. The van der Waals surface area contributed by atoms with Crippen LogP contribution in [0.1, 0.15) is 0 Å². The molecule has 2 rings (SSSR count). The van der Waals surface area contributed by atoms with E-state index >= 15 is 0 Å². The molecule has 0 unspecified atom stereocenters. The number of aromatic nitrogens is 2. The SMILES string of the molecule is Cn1nc(N)c(Cl)c1-c1cccc(Cl)c1. The number of anilines is 1. The topological polar surface area (TPSA) is 43.8 Å². The molecule has 0 saturated carbocycles. The molecule has 0 aliphatic rings. The highest BCUT2D eigenvalue weighted by atomic mass is 35.5. The molecular formula is C10H9Cl2N3. The Labute approximate surface area is 97.4 Å². The highest BCUT2D eigenvalue weighted by molar-refractivity contribution is 6.35. The highest BCUT2D eigenvalue weighted by Crippen LogP contribution is 2.32. The standard InChI is InChI=1S/C10H9Cl2N3/c1-15-9(8(12)10(13)14-15)6-3-2-4-7(11)5-6/h2-5H,1H3,(H2,13,14). The van der Waals surface area contributed by atoms with Gasteiger partial charge < -0.3 is 5.73 Å². The molecule has 0 aliphatic heterocycles. The summed E-state index contributed by atoms with van der Waals surface area (Å²) < 4.78 is 1.64. The average Bonchev–Trinajstić information content (AvgIpc) is 2.41. The van der Waals surface area contributed by atoms with Crippen LogP contribution in [0.25, 0.3) is 11.3 Å². The third kappa shape index (κ3) is 1.80. The number of aryl methyl sites for hydroxylation is 1. The summed E-state index contributed by atoms with van der Waals surface area (Å²) in [7, 11) is 1.79. The number of rotatable bonds is 1. The molecule has 78 valence electrons. The van der Waals surface area contributed by atoms with Gasteiger partial charge in [0.1, 0.15) is 5.02 Å². The minimum absolute atomic E-state index is 0.328. The zero-order valence-corrected chi connectivity index (χ0v) is 9.55. The fourth-order valence-electron chi connectivity index (χ4n) is 1.47. The Morgan fingerprint density at radius 2 is 2.07 bits per heavy atom. The Kier molecular flexibility index (Phi) is 2.59. The van der Waals surface area contributed by atoms with Crippen LogP contribution in [-0.4, -0.2) is 9.78 Å². The van der Waals surface area contributed by atoms with Gasteiger partial charge in [-0.15, -0.1) is 0 Å². The van der Waals surface area contributed by atoms with E-state index in [-0.39, 0.29) is 0 Å². The van der Waals surface area contributed by atoms with Crippen LogP contribution in [0.5, 0.6) is 0 Å². The first-order valence-electron chi connectivity index (χ1n) is 4.33. The molecule has 0 radical (unpaired) electrons. The summed E-state index contributed by atoms with van der Waals surface area (Å²) >= 11 is 12.0. The van der Waals surface area contributed by atoms with E-state index in [1.165, 1.54) is 0 Å². The smallest absolute Gasteiger partial charge is 0.164 e. The van der Waals surface area contributed by atoms with Crippen molar-refractivity contribution in [2.24, 2.45) is 7.05 Å². The molecule has 5 heteroatoms. The van der Waals surface area contributed by atoms with Crippen molar-refractivity contribution in [3.05, 3.63) is 34.3 Å². The van der Waals surface area contributed by atoms with Gasteiger partial charge in [0.25, 0.3) is 0 Å². The van der Waals surface area contributed by atoms with E-state index in [0.29, 0.717) is 15.9 Å². The lowest BCUT2D eigenvalue weighted by molar-refractivity contribution is 0.780. The lowest BCUT2D eigenvalue weighted by Crippen LogP contribution is -1.94. The van der Waals surface area contributed by atoms with Crippen molar-refractivity contribution < 1.29 is 0 Å². The van der Waals surface area contributed by atoms with Crippen LogP contribution in [0.3, 0.4) is 0 Å². The van der Waals surface area contributed by atoms with Crippen LogP contribution in [0.2, 0.25) is 10.0 Å². The molecule has 1 heterocycles. The second-order valence-electron chi connectivity index (χ2n) is 3.18. The molecule has 3 nitrogen and oxygen atoms in total. The highest BCUT2D eigenvalue weighted by Gasteiger charge is 2.13. The Hall–Kier alpha value is -1.19. The van der Waals surface area contributed by atoms with Crippen LogP contribution in [0.4, 0.5) is 5.82 Å². The number of benzene rings is 1. The van der Waals surface area contributed by atoms with Crippen molar-refractivity contribution in [2.75, 3.05) is 5.73 Å². The summed E-state index contributed by atoms with van der Waals surface area (Å²) in [6, 6.07) is 7.40. The van der Waals surface area contributed by atoms with E-state index < -0.39 is 0 Å². The van der Waals surface area contributed by atoms with Crippen LogP contribution in [-0.2, 0) is 7.05 Å². The summed E-state index contributed by atoms with van der Waals surface area (Å²) in [5, 5.41) is 5.15. The van der Waals surface area contributed by atoms with Gasteiger partial charge in [-0.05, 0) is 12.1 Å². The number of halogens is 2. The fraction of sp³-hybridized carbons (Fsp3) is 0.100. The van der Waals surface area contributed by atoms with Gasteiger partial charge >= 0.3 is 0 Å². The van der Waals surface area contributed by atoms with E-state index in [1.54, 1.807) is 17.8 Å². The molecule has 1 aromatic carbocycles. The number of hydrogen-bond donors (Lipinski definition) is 1. The monoisotopic (exact) mass is 241 g/mol. The first-order valence-corrected chi connectivity index (χ1v) is 5.09. The molecule has 0 atom stereocenters. The largest absolute Gasteiger partial charge is 0.381 e. The molecule has 0 fully saturated rings. The normalized spacial score (nSPS) is 10.6. The molecule has 2 aromatic rings. The molecule has 0 spiro atoms. The molecule has 15 heavy (non-hydrogen) atoms. The van der Waals surface area contributed by atoms with E-state index in [0.717, 1.165) is 11.3 Å². The third-order valence-electron chi connectivity index (χ3n) is 2.11. The minimum atomic E-state index is 0.328. The zero-order valence-electron chi connectivity index (χ0n) is 8.04. The number of hydrogen-bond acceptors (Lipinski definition) is 2. The van der Waals surface area contributed by atoms with Crippen molar-refractivity contribution in [3.63, 3.8) is 0 Å². The first kappa shape index (κ1) is 10.3. The molecule has 0 aliphatic carbocycles. The van der Waals surface area contributed by atoms with Gasteiger partial charge in [-0.1, -0.05) is 35.3 Å². The van der Waals surface area contributed by atoms with Crippen molar-refractivity contribution in [3.8, 4) is 11.3 Å². The number of nitrogens with zero attached hydrogens (tertiary/aromatic N) is 2. The second-order valence-corrected chi connectivity index (χ2v) is 4.00. The average molecular weight is 242 g/mol. The van der Waals surface area contributed by atoms with Gasteiger partial charge in [0.2, 0.25) is 0 Å². The van der Waals surface area contributed by atoms with Gasteiger partial charge in [0.15, 0.2) is 5.82 Å². The van der Waals surface area contributed by atoms with Gasteiger partial charge in [-0.25, -0.2) is 0 Å². The zero-order chi connectivity index (χ0) is 11.0. The third-order valence-corrected chi connectivity index (χ3v) is 2.72. The second kappa shape index (κ2) is 3.76. The summed E-state index contributed by atoms with van der Waals surface area (Å²) in [5.41, 5.74) is 7.30. The van der Waals surface area contributed by atoms with Gasteiger partial charge in [0.05, 0.1) is 5.69 Å². The minimum Gasteiger partial charge on any atom is -0.381 e. The van der Waals surface area contributed by atoms with Crippen molar-refractivity contribution >= 4 is 29.0 Å². The Balaban J connectivity index is 2.63. The number of nitrogens with two attached hydrogens (primary N) is 1. The molecule has 0 amide bonds. The quantitative estimate of drug-likeness (QED) is 0.835. The van der Waals surface area contributed by atoms with Gasteiger partial charge in [-0.2, -0.15) is 5.10 Å². The van der Waals surface area contributed by atoms with Crippen LogP contribution in [0, 0.1) is 0 Å². The maximum Gasteiger partial charge on any atom is 0.164 e. The predicted octanol–water partition coefficient (Wildman–Crippen LogP) is 2.98. The first-order chi connectivity index (χ1) is 7.09. The van der Waals surface area contributed by atoms with E-state index in [1.807, 2.05) is 18.2 Å². The molecule has 2 N–H and O–H groups in total. The van der Waals surface area contributed by atoms with Crippen LogP contribution < -0.4 is 5.73 Å². The summed E-state index contributed by atoms with van der Waals surface area (Å²) in [4.78, 5) is 0. The fourth-order valence-corrected chi connectivity index (χ4v) is 1.93. The van der Waals surface area contributed by atoms with Gasteiger partial charge in [0, 0.05) is 17.6 Å². The Morgan fingerprint density at radius 3 is 2.60 bits per heavy atom. The predicted molar refractivity (Wildman–Crippen MR) is 63.1 cm³/mol. The van der Waals surface area contributed by atoms with Crippen LogP contribution >= 0.6 is 23.2 Å². The van der Waals surface area contributed by atoms with E-state index in [4.69, 9.17) is 28.9 Å². The molecular weight excluding hydrogens is 233 g/mol. The van der Waals surface area contributed by atoms with Gasteiger partial charge in [-0.3, -0.25) is 4.68 Å². The Bertz CT molecular complexity index is 505. The Morgan fingerprint density at radius 1 is 1.33 bits per heavy atom. The maximum atomic E-state index is 6.05. The summed E-state index contributed by atoms with van der Waals surface area (Å²) in [6.07, 6.45) is 0. The van der Waals surface area contributed by atoms with Crippen LogP contribution in [0.15, 0.2) is 24.3 Å². The lowest BCUT2D eigenvalue weighted by Gasteiger charge is -2.02. The maximum absolute atomic E-state index is 6.05. The number of nitrogen functional groups attached to an aromatic ring is 1. The van der Waals surface area contributed by atoms with E-state index in [2.05, 4.69) is 5.10 Å². The molecule has 1 aromatic heterocycles. The molecule has 0 saturated heterocycles.